The maximum absolute atomic E-state index is 5.79. The summed E-state index contributed by atoms with van der Waals surface area (Å²) in [5, 5.41) is 0. The molecule has 0 bridgehead atoms. The van der Waals surface area contributed by atoms with Gasteiger partial charge in [0.1, 0.15) is 0 Å². The monoisotopic (exact) mass is 426 g/mol. The van der Waals surface area contributed by atoms with Crippen molar-refractivity contribution < 1.29 is 27.1 Å². The Kier molecular flexibility index (Phi) is 6.92. The molecule has 2 aliphatic rings. The van der Waals surface area contributed by atoms with Crippen LogP contribution in [-0.2, 0) is 18.1 Å². The predicted molar refractivity (Wildman–Crippen MR) is 116 cm³/mol. The molecule has 0 N–H and O–H groups in total. The van der Waals surface area contributed by atoms with Gasteiger partial charge in [0.05, 0.1) is 0 Å². The van der Waals surface area contributed by atoms with Gasteiger partial charge in [-0.15, -0.1) is 0 Å². The molecule has 0 amide bonds. The van der Waals surface area contributed by atoms with E-state index in [1.807, 2.05) is 48.5 Å². The first-order chi connectivity index (χ1) is 14.2. The molecule has 2 heterocycles. The molecule has 2 aromatic carbocycles. The molecule has 10 heteroatoms. The van der Waals surface area contributed by atoms with Crippen molar-refractivity contribution in [3.63, 3.8) is 0 Å². The Morgan fingerprint density at radius 2 is 1.00 bits per heavy atom. The van der Waals surface area contributed by atoms with Crippen LogP contribution in [-0.4, -0.2) is 53.3 Å². The van der Waals surface area contributed by atoms with E-state index >= 15 is 0 Å². The second-order valence-corrected chi connectivity index (χ2v) is 8.99. The average Bonchev–Trinajstić information content (AvgIpc) is 2.78. The molecular weight excluding hydrogens is 408 g/mol. The fourth-order valence-electron chi connectivity index (χ4n) is 2.64. The van der Waals surface area contributed by atoms with Gasteiger partial charge in [-0.2, -0.15) is 0 Å². The standard InChI is InChI=1S/C19H18B2O6P2/c20-9-15-1-5-17(6-2-15)26-28-22-11-19(12-23-28)13-24-29(25-14-19)27-18-7-3-16(10-21)4-8-18/h1-10H,11-14H2. The Morgan fingerprint density at radius 1 is 0.655 bits per heavy atom. The number of hydrogen-bond donors (Lipinski definition) is 0. The van der Waals surface area contributed by atoms with Crippen LogP contribution in [0.25, 0.3) is 0 Å². The van der Waals surface area contributed by atoms with Crippen LogP contribution in [0.15, 0.2) is 48.5 Å². The Hall–Kier alpha value is -1.39. The van der Waals surface area contributed by atoms with Crippen LogP contribution in [0.1, 0.15) is 11.1 Å². The number of rotatable bonds is 6. The van der Waals surface area contributed by atoms with E-state index in [0.29, 0.717) is 37.9 Å². The topological polar surface area (TPSA) is 55.4 Å². The molecule has 0 atom stereocenters. The molecule has 0 aromatic heterocycles. The minimum absolute atomic E-state index is 0.360. The van der Waals surface area contributed by atoms with Crippen molar-refractivity contribution in [1.82, 2.24) is 0 Å². The quantitative estimate of drug-likeness (QED) is 0.522. The van der Waals surface area contributed by atoms with Gasteiger partial charge in [0.2, 0.25) is 0 Å². The van der Waals surface area contributed by atoms with Crippen LogP contribution in [0.2, 0.25) is 0 Å². The number of hydrogen-bond acceptors (Lipinski definition) is 6. The maximum atomic E-state index is 5.79. The molecule has 2 aromatic rings. The van der Waals surface area contributed by atoms with Crippen LogP contribution in [0.5, 0.6) is 11.5 Å². The van der Waals surface area contributed by atoms with E-state index in [0.717, 1.165) is 11.1 Å². The van der Waals surface area contributed by atoms with E-state index in [2.05, 4.69) is 0 Å². The van der Waals surface area contributed by atoms with Gasteiger partial charge < -0.3 is 0 Å². The van der Waals surface area contributed by atoms with Gasteiger partial charge in [-0.25, -0.2) is 0 Å². The Bertz CT molecular complexity index is 758. The van der Waals surface area contributed by atoms with Crippen molar-refractivity contribution in [2.45, 2.75) is 0 Å². The summed E-state index contributed by atoms with van der Waals surface area (Å²) in [6.07, 6.45) is 0. The van der Waals surface area contributed by atoms with Crippen molar-refractivity contribution in [2.75, 3.05) is 26.4 Å². The molecule has 0 unspecified atom stereocenters. The summed E-state index contributed by atoms with van der Waals surface area (Å²) in [5.41, 5.74) is 1.47. The molecule has 1 spiro atoms. The summed E-state index contributed by atoms with van der Waals surface area (Å²) in [6, 6.07) is 14.8. The van der Waals surface area contributed by atoms with Gasteiger partial charge in [0.15, 0.2) is 0 Å². The van der Waals surface area contributed by atoms with E-state index in [1.54, 1.807) is 0 Å². The van der Waals surface area contributed by atoms with Gasteiger partial charge in [-0.05, 0) is 0 Å². The van der Waals surface area contributed by atoms with E-state index in [1.165, 1.54) is 11.9 Å². The first-order valence-corrected chi connectivity index (χ1v) is 11.2. The molecule has 2 aliphatic heterocycles. The summed E-state index contributed by atoms with van der Waals surface area (Å²) < 4.78 is 34.7. The van der Waals surface area contributed by atoms with Gasteiger partial charge >= 0.3 is 174 Å². The molecule has 0 saturated carbocycles. The molecule has 2 radical (unpaired) electrons. The van der Waals surface area contributed by atoms with E-state index < -0.39 is 17.2 Å². The first-order valence-electron chi connectivity index (χ1n) is 8.96. The molecular formula is C19H18B2O6P2. The Labute approximate surface area is 174 Å². The van der Waals surface area contributed by atoms with Gasteiger partial charge in [-0.3, -0.25) is 0 Å². The fraction of sp³-hybridized carbons (Fsp3) is 0.263. The van der Waals surface area contributed by atoms with E-state index in [9.17, 15) is 0 Å². The third-order valence-corrected chi connectivity index (χ3v) is 6.49. The molecule has 4 rings (SSSR count). The van der Waals surface area contributed by atoms with Gasteiger partial charge in [-0.1, -0.05) is 0 Å². The summed E-state index contributed by atoms with van der Waals surface area (Å²) in [7, 11) is 8.04. The first kappa shape index (κ1) is 20.9. The zero-order valence-electron chi connectivity index (χ0n) is 15.6. The molecule has 0 aliphatic carbocycles. The molecule has 2 fully saturated rings. The van der Waals surface area contributed by atoms with Crippen molar-refractivity contribution in [2.24, 2.45) is 5.41 Å². The van der Waals surface area contributed by atoms with Crippen LogP contribution in [0.4, 0.5) is 0 Å². The van der Waals surface area contributed by atoms with Crippen LogP contribution < -0.4 is 9.05 Å². The zero-order chi connectivity index (χ0) is 20.1. The van der Waals surface area contributed by atoms with Crippen molar-refractivity contribution in [1.29, 1.82) is 0 Å². The average molecular weight is 426 g/mol. The Balaban J connectivity index is 1.24. The van der Waals surface area contributed by atoms with Crippen molar-refractivity contribution in [3.05, 3.63) is 59.7 Å². The third-order valence-electron chi connectivity index (χ3n) is 4.41. The molecule has 6 nitrogen and oxygen atoms in total. The minimum atomic E-state index is -1.46. The summed E-state index contributed by atoms with van der Waals surface area (Å²) in [4.78, 5) is 0. The van der Waals surface area contributed by atoms with Crippen LogP contribution >= 0.6 is 17.2 Å². The Morgan fingerprint density at radius 3 is 1.31 bits per heavy atom. The molecule has 29 heavy (non-hydrogen) atoms. The summed E-state index contributed by atoms with van der Waals surface area (Å²) in [6.45, 7) is 1.71. The zero-order valence-corrected chi connectivity index (χ0v) is 17.4. The van der Waals surface area contributed by atoms with Gasteiger partial charge in [0.25, 0.3) is 0 Å². The second kappa shape index (κ2) is 9.61. The molecule has 2 saturated heterocycles. The van der Waals surface area contributed by atoms with Crippen molar-refractivity contribution >= 4 is 44.1 Å². The normalized spacial score (nSPS) is 26.6. The SMILES string of the molecule is [B]=Cc1ccc(OP2OCC3(CO2)COP(Oc2ccc(C=[B])cc2)OC3)cc1. The number of benzene rings is 2. The van der Waals surface area contributed by atoms with Crippen molar-refractivity contribution in [3.8, 4) is 11.5 Å². The summed E-state index contributed by atoms with van der Waals surface area (Å²) in [5.74, 6) is 4.40. The van der Waals surface area contributed by atoms with E-state index in [-0.39, 0.29) is 5.41 Å². The van der Waals surface area contributed by atoms with Crippen LogP contribution in [0.3, 0.4) is 0 Å². The predicted octanol–water partition coefficient (Wildman–Crippen LogP) is 3.32. The fourth-order valence-corrected chi connectivity index (χ4v) is 5.10. The van der Waals surface area contributed by atoms with E-state index in [4.69, 9.17) is 42.1 Å². The summed E-state index contributed by atoms with van der Waals surface area (Å²) >= 11 is 0. The van der Waals surface area contributed by atoms with Gasteiger partial charge in [0, 0.05) is 0 Å². The second-order valence-electron chi connectivity index (χ2n) is 6.69. The molecule has 146 valence electrons. The van der Waals surface area contributed by atoms with Crippen LogP contribution in [0, 0.1) is 5.41 Å². The third kappa shape index (κ3) is 5.40.